The van der Waals surface area contributed by atoms with Crippen molar-refractivity contribution in [3.63, 3.8) is 0 Å². The molecule has 5 nitrogen and oxygen atoms in total. The Balaban J connectivity index is 2.69. The van der Waals surface area contributed by atoms with Crippen LogP contribution in [0.1, 0.15) is 13.8 Å². The second-order valence-corrected chi connectivity index (χ2v) is 5.40. The van der Waals surface area contributed by atoms with E-state index in [1.54, 1.807) is 26.0 Å². The Labute approximate surface area is 133 Å². The number of hydrogen-bond acceptors (Lipinski definition) is 4. The summed E-state index contributed by atoms with van der Waals surface area (Å²) in [6.45, 7) is 3.23. The van der Waals surface area contributed by atoms with Gasteiger partial charge in [0.2, 0.25) is 0 Å². The maximum absolute atomic E-state index is 12.1. The number of carbonyl (C=O) groups excluding carboxylic acids is 2. The van der Waals surface area contributed by atoms with Gasteiger partial charge in [0.15, 0.2) is 6.61 Å². The smallest absolute Gasteiger partial charge is 0.325 e. The van der Waals surface area contributed by atoms with Crippen LogP contribution in [0.4, 0.5) is 0 Å². The normalized spacial score (nSPS) is 10.4. The largest absolute Gasteiger partial charge is 0.482 e. The maximum atomic E-state index is 12.1. The summed E-state index contributed by atoms with van der Waals surface area (Å²) in [5, 5.41) is 0.813. The van der Waals surface area contributed by atoms with Gasteiger partial charge in [0, 0.05) is 17.1 Å². The van der Waals surface area contributed by atoms with E-state index in [4.69, 9.17) is 27.9 Å². The molecule has 0 aliphatic heterocycles. The van der Waals surface area contributed by atoms with Crippen LogP contribution in [-0.4, -0.2) is 43.1 Å². The fourth-order valence-corrected chi connectivity index (χ4v) is 1.91. The highest BCUT2D eigenvalue weighted by Gasteiger charge is 2.21. The molecule has 0 aliphatic rings. The standard InChI is InChI=1S/C14H17Cl2NO4/c1-9(2)17(7-14(19)20-3)13(18)8-21-12-6-10(15)4-5-11(12)16/h4-6,9H,7-8H2,1-3H3. The summed E-state index contributed by atoms with van der Waals surface area (Å²) < 4.78 is 9.93. The SMILES string of the molecule is COC(=O)CN(C(=O)COc1cc(Cl)ccc1Cl)C(C)C. The molecule has 0 radical (unpaired) electrons. The molecule has 116 valence electrons. The number of rotatable bonds is 6. The lowest BCUT2D eigenvalue weighted by molar-refractivity contribution is -0.149. The topological polar surface area (TPSA) is 55.8 Å². The highest BCUT2D eigenvalue weighted by molar-refractivity contribution is 6.34. The molecule has 1 rings (SSSR count). The Morgan fingerprint density at radius 1 is 1.29 bits per heavy atom. The van der Waals surface area contributed by atoms with Gasteiger partial charge in [0.1, 0.15) is 12.3 Å². The summed E-state index contributed by atoms with van der Waals surface area (Å²) >= 11 is 11.8. The quantitative estimate of drug-likeness (QED) is 0.751. The van der Waals surface area contributed by atoms with E-state index in [1.165, 1.54) is 18.1 Å². The van der Waals surface area contributed by atoms with Crippen LogP contribution in [0.5, 0.6) is 5.75 Å². The molecule has 1 aromatic carbocycles. The first-order valence-electron chi connectivity index (χ1n) is 6.29. The molecule has 0 fully saturated rings. The van der Waals surface area contributed by atoms with E-state index < -0.39 is 5.97 Å². The van der Waals surface area contributed by atoms with Crippen molar-refractivity contribution < 1.29 is 19.1 Å². The van der Waals surface area contributed by atoms with Crippen LogP contribution in [-0.2, 0) is 14.3 Å². The van der Waals surface area contributed by atoms with Gasteiger partial charge in [-0.2, -0.15) is 0 Å². The second-order valence-electron chi connectivity index (χ2n) is 4.55. The monoisotopic (exact) mass is 333 g/mol. The molecule has 1 amide bonds. The van der Waals surface area contributed by atoms with E-state index in [2.05, 4.69) is 4.74 Å². The Morgan fingerprint density at radius 2 is 1.95 bits per heavy atom. The number of methoxy groups -OCH3 is 1. The van der Waals surface area contributed by atoms with Gasteiger partial charge in [-0.05, 0) is 26.0 Å². The number of benzene rings is 1. The average Bonchev–Trinajstić information content (AvgIpc) is 2.44. The number of carbonyl (C=O) groups is 2. The molecule has 21 heavy (non-hydrogen) atoms. The van der Waals surface area contributed by atoms with Gasteiger partial charge >= 0.3 is 5.97 Å². The molecule has 0 unspecified atom stereocenters. The van der Waals surface area contributed by atoms with Gasteiger partial charge in [0.25, 0.3) is 5.91 Å². The highest BCUT2D eigenvalue weighted by atomic mass is 35.5. The average molecular weight is 334 g/mol. The van der Waals surface area contributed by atoms with Crippen molar-refractivity contribution in [2.45, 2.75) is 19.9 Å². The Bertz CT molecular complexity index is 520. The molecule has 0 N–H and O–H groups in total. The van der Waals surface area contributed by atoms with Crippen LogP contribution in [0.25, 0.3) is 0 Å². The molecule has 0 saturated heterocycles. The lowest BCUT2D eigenvalue weighted by atomic mass is 10.3. The van der Waals surface area contributed by atoms with Crippen LogP contribution in [0, 0.1) is 0 Å². The van der Waals surface area contributed by atoms with Crippen LogP contribution >= 0.6 is 23.2 Å². The number of halogens is 2. The molecule has 0 spiro atoms. The lowest BCUT2D eigenvalue weighted by Gasteiger charge is -2.25. The van der Waals surface area contributed by atoms with Gasteiger partial charge in [-0.3, -0.25) is 9.59 Å². The molecule has 7 heteroatoms. The van der Waals surface area contributed by atoms with E-state index in [0.29, 0.717) is 15.8 Å². The van der Waals surface area contributed by atoms with E-state index >= 15 is 0 Å². The summed E-state index contributed by atoms with van der Waals surface area (Å²) in [6, 6.07) is 4.57. The first-order chi connectivity index (χ1) is 9.85. The minimum Gasteiger partial charge on any atom is -0.482 e. The van der Waals surface area contributed by atoms with Crippen LogP contribution < -0.4 is 4.74 Å². The Morgan fingerprint density at radius 3 is 2.52 bits per heavy atom. The van der Waals surface area contributed by atoms with Crippen molar-refractivity contribution in [2.24, 2.45) is 0 Å². The molecule has 0 heterocycles. The molecule has 0 aliphatic carbocycles. The number of ether oxygens (including phenoxy) is 2. The summed E-state index contributed by atoms with van der Waals surface area (Å²) in [7, 11) is 1.27. The number of nitrogens with zero attached hydrogens (tertiary/aromatic N) is 1. The molecule has 0 saturated carbocycles. The zero-order chi connectivity index (χ0) is 16.0. The molecule has 0 bridgehead atoms. The Kier molecular flexibility index (Phi) is 6.78. The zero-order valence-corrected chi connectivity index (χ0v) is 13.6. The second kappa shape index (κ2) is 8.10. The number of hydrogen-bond donors (Lipinski definition) is 0. The van der Waals surface area contributed by atoms with Crippen molar-refractivity contribution in [2.75, 3.05) is 20.3 Å². The Hall–Kier alpha value is -1.46. The van der Waals surface area contributed by atoms with Gasteiger partial charge in [-0.25, -0.2) is 0 Å². The maximum Gasteiger partial charge on any atom is 0.325 e. The van der Waals surface area contributed by atoms with Gasteiger partial charge in [-0.15, -0.1) is 0 Å². The first-order valence-corrected chi connectivity index (χ1v) is 7.05. The molecular weight excluding hydrogens is 317 g/mol. The van der Waals surface area contributed by atoms with Crippen molar-refractivity contribution in [3.8, 4) is 5.75 Å². The van der Waals surface area contributed by atoms with Crippen molar-refractivity contribution in [1.29, 1.82) is 0 Å². The molecular formula is C14H17Cl2NO4. The van der Waals surface area contributed by atoms with E-state index in [1.807, 2.05) is 0 Å². The highest BCUT2D eigenvalue weighted by Crippen LogP contribution is 2.27. The summed E-state index contributed by atoms with van der Waals surface area (Å²) in [4.78, 5) is 24.8. The van der Waals surface area contributed by atoms with Crippen LogP contribution in [0.2, 0.25) is 10.0 Å². The zero-order valence-electron chi connectivity index (χ0n) is 12.1. The van der Waals surface area contributed by atoms with Gasteiger partial charge < -0.3 is 14.4 Å². The van der Waals surface area contributed by atoms with E-state index in [0.717, 1.165) is 0 Å². The molecule has 0 atom stereocenters. The molecule has 0 aromatic heterocycles. The third-order valence-electron chi connectivity index (χ3n) is 2.72. The van der Waals surface area contributed by atoms with Gasteiger partial charge in [0.05, 0.1) is 12.1 Å². The third-order valence-corrected chi connectivity index (χ3v) is 3.26. The predicted octanol–water partition coefficient (Wildman–Crippen LogP) is 2.78. The van der Waals surface area contributed by atoms with E-state index in [9.17, 15) is 9.59 Å². The lowest BCUT2D eigenvalue weighted by Crippen LogP contribution is -2.43. The minimum atomic E-state index is -0.488. The van der Waals surface area contributed by atoms with Crippen molar-refractivity contribution in [3.05, 3.63) is 28.2 Å². The number of amides is 1. The number of esters is 1. The summed E-state index contributed by atoms with van der Waals surface area (Å²) in [5.74, 6) is -0.511. The molecule has 1 aromatic rings. The fraction of sp³-hybridized carbons (Fsp3) is 0.429. The minimum absolute atomic E-state index is 0.125. The van der Waals surface area contributed by atoms with Crippen LogP contribution in [0.3, 0.4) is 0 Å². The first kappa shape index (κ1) is 17.6. The summed E-state index contributed by atoms with van der Waals surface area (Å²) in [5.41, 5.74) is 0. The van der Waals surface area contributed by atoms with E-state index in [-0.39, 0.29) is 25.1 Å². The fourth-order valence-electron chi connectivity index (χ4n) is 1.57. The van der Waals surface area contributed by atoms with Crippen molar-refractivity contribution >= 4 is 35.1 Å². The predicted molar refractivity (Wildman–Crippen MR) is 80.8 cm³/mol. The van der Waals surface area contributed by atoms with Crippen LogP contribution in [0.15, 0.2) is 18.2 Å². The van der Waals surface area contributed by atoms with Crippen molar-refractivity contribution in [1.82, 2.24) is 4.90 Å². The van der Waals surface area contributed by atoms with Gasteiger partial charge in [-0.1, -0.05) is 23.2 Å². The summed E-state index contributed by atoms with van der Waals surface area (Å²) in [6.07, 6.45) is 0. The third kappa shape index (κ3) is 5.44.